The van der Waals surface area contributed by atoms with E-state index >= 15 is 0 Å². The zero-order chi connectivity index (χ0) is 20.8. The van der Waals surface area contributed by atoms with Gasteiger partial charge in [-0.1, -0.05) is 12.1 Å². The smallest absolute Gasteiger partial charge is 0.203 e. The number of ether oxygens (including phenoxy) is 5. The van der Waals surface area contributed by atoms with E-state index in [1.165, 1.54) is 41.6 Å². The molecule has 0 spiro atoms. The van der Waals surface area contributed by atoms with Crippen LogP contribution >= 0.6 is 0 Å². The molecule has 1 unspecified atom stereocenters. The van der Waals surface area contributed by atoms with Crippen molar-refractivity contribution in [2.45, 2.75) is 12.2 Å². The average Bonchev–Trinajstić information content (AvgIpc) is 2.71. The Balaban J connectivity index is 2.65. The molecule has 28 heavy (non-hydrogen) atoms. The van der Waals surface area contributed by atoms with Gasteiger partial charge < -0.3 is 33.9 Å². The third kappa shape index (κ3) is 3.97. The minimum atomic E-state index is -0.940. The van der Waals surface area contributed by atoms with Crippen LogP contribution in [0.1, 0.15) is 21.8 Å². The molecule has 2 rings (SSSR count). The average molecular weight is 392 g/mol. The summed E-state index contributed by atoms with van der Waals surface area (Å²) in [5, 5.41) is 20.6. The highest BCUT2D eigenvalue weighted by Crippen LogP contribution is 2.46. The Bertz CT molecular complexity index is 812. The van der Waals surface area contributed by atoms with E-state index < -0.39 is 23.7 Å². The van der Waals surface area contributed by atoms with Gasteiger partial charge in [0, 0.05) is 20.3 Å². The molecule has 0 radical (unpaired) electrons. The number of methoxy groups -OCH3 is 5. The van der Waals surface area contributed by atoms with Crippen LogP contribution in [-0.2, 0) is 9.47 Å². The van der Waals surface area contributed by atoms with Crippen molar-refractivity contribution in [1.29, 1.82) is 0 Å². The van der Waals surface area contributed by atoms with Crippen molar-refractivity contribution in [1.82, 2.24) is 0 Å². The molecule has 1 atom stereocenters. The Labute approximate surface area is 163 Å². The number of Topliss-reactive ketones (excluding diaryl/α,β-unsaturated/α-hetero) is 1. The van der Waals surface area contributed by atoms with Crippen molar-refractivity contribution in [3.05, 3.63) is 41.5 Å². The van der Waals surface area contributed by atoms with Gasteiger partial charge in [-0.3, -0.25) is 4.79 Å². The second-order valence-corrected chi connectivity index (χ2v) is 5.81. The number of aromatic hydroxyl groups is 2. The third-order valence-corrected chi connectivity index (χ3v) is 4.36. The number of carbonyl (C=O) groups is 1. The molecule has 0 aliphatic heterocycles. The molecule has 0 saturated carbocycles. The standard InChI is InChI=1S/C20H24O8/c1-24-12-8-6-11(7-9-12)15(20(27-4)28-5)17(22)16-14(25-2)10-13(21)19(26-3)18(16)23/h6-10,15,20-21,23H,1-5H3. The van der Waals surface area contributed by atoms with Crippen LogP contribution in [-0.4, -0.2) is 57.8 Å². The summed E-state index contributed by atoms with van der Waals surface area (Å²) in [6.07, 6.45) is -0.940. The Morgan fingerprint density at radius 2 is 1.50 bits per heavy atom. The summed E-state index contributed by atoms with van der Waals surface area (Å²) in [5.41, 5.74) is 0.421. The van der Waals surface area contributed by atoms with Crippen LogP contribution in [0.2, 0.25) is 0 Å². The molecule has 0 bridgehead atoms. The van der Waals surface area contributed by atoms with Crippen molar-refractivity contribution in [2.24, 2.45) is 0 Å². The summed E-state index contributed by atoms with van der Waals surface area (Å²) in [4.78, 5) is 13.5. The maximum absolute atomic E-state index is 13.5. The summed E-state index contributed by atoms with van der Waals surface area (Å²) in [7, 11) is 6.95. The first kappa shape index (κ1) is 21.3. The molecule has 2 N–H and O–H groups in total. The van der Waals surface area contributed by atoms with Crippen LogP contribution in [0.25, 0.3) is 0 Å². The predicted octanol–water partition coefficient (Wildman–Crippen LogP) is 2.71. The summed E-state index contributed by atoms with van der Waals surface area (Å²) in [6, 6.07) is 8.01. The minimum absolute atomic E-state index is 0.00901. The maximum atomic E-state index is 13.5. The van der Waals surface area contributed by atoms with E-state index in [-0.39, 0.29) is 22.8 Å². The largest absolute Gasteiger partial charge is 0.504 e. The summed E-state index contributed by atoms with van der Waals surface area (Å²) in [5.74, 6) is -1.98. The lowest BCUT2D eigenvalue weighted by atomic mass is 9.88. The highest BCUT2D eigenvalue weighted by Gasteiger charge is 2.36. The van der Waals surface area contributed by atoms with Crippen LogP contribution in [0, 0.1) is 0 Å². The molecule has 0 heterocycles. The van der Waals surface area contributed by atoms with Crippen LogP contribution in [0.15, 0.2) is 30.3 Å². The van der Waals surface area contributed by atoms with Gasteiger partial charge in [-0.2, -0.15) is 0 Å². The molecule has 2 aromatic rings. The van der Waals surface area contributed by atoms with E-state index in [9.17, 15) is 15.0 Å². The highest BCUT2D eigenvalue weighted by atomic mass is 16.7. The number of rotatable bonds is 9. The van der Waals surface area contributed by atoms with Crippen LogP contribution < -0.4 is 14.2 Å². The molecule has 0 fully saturated rings. The monoisotopic (exact) mass is 392 g/mol. The van der Waals surface area contributed by atoms with E-state index in [1.54, 1.807) is 24.3 Å². The molecule has 152 valence electrons. The van der Waals surface area contributed by atoms with Crippen molar-refractivity contribution in [3.8, 4) is 28.7 Å². The molecule has 0 aliphatic carbocycles. The van der Waals surface area contributed by atoms with Crippen molar-refractivity contribution >= 4 is 5.78 Å². The summed E-state index contributed by atoms with van der Waals surface area (Å²) >= 11 is 0. The Kier molecular flexibility index (Phi) is 7.08. The first-order chi connectivity index (χ1) is 13.4. The number of hydrogen-bond acceptors (Lipinski definition) is 8. The summed E-state index contributed by atoms with van der Waals surface area (Å²) in [6.45, 7) is 0. The number of ketones is 1. The summed E-state index contributed by atoms with van der Waals surface area (Å²) < 4.78 is 26.0. The molecule has 0 saturated heterocycles. The SMILES string of the molecule is COc1ccc(C(C(=O)c2c(OC)cc(O)c(OC)c2O)C(OC)OC)cc1. The first-order valence-electron chi connectivity index (χ1n) is 8.34. The van der Waals surface area contributed by atoms with Crippen LogP contribution in [0.3, 0.4) is 0 Å². The van der Waals surface area contributed by atoms with E-state index in [4.69, 9.17) is 23.7 Å². The van der Waals surface area contributed by atoms with Crippen LogP contribution in [0.4, 0.5) is 0 Å². The number of benzene rings is 2. The predicted molar refractivity (Wildman–Crippen MR) is 101 cm³/mol. The van der Waals surface area contributed by atoms with Crippen molar-refractivity contribution in [3.63, 3.8) is 0 Å². The second-order valence-electron chi connectivity index (χ2n) is 5.81. The Morgan fingerprint density at radius 3 is 1.96 bits per heavy atom. The molecule has 0 aromatic heterocycles. The maximum Gasteiger partial charge on any atom is 0.203 e. The fraction of sp³-hybridized carbons (Fsp3) is 0.350. The number of phenolic OH excluding ortho intramolecular Hbond substituents is 2. The normalized spacial score (nSPS) is 11.9. The molecular formula is C20H24O8. The Hall–Kier alpha value is -2.97. The van der Waals surface area contributed by atoms with Gasteiger partial charge in [-0.25, -0.2) is 0 Å². The van der Waals surface area contributed by atoms with Crippen molar-refractivity contribution < 1.29 is 38.7 Å². The lowest BCUT2D eigenvalue weighted by molar-refractivity contribution is -0.110. The van der Waals surface area contributed by atoms with Gasteiger partial charge in [0.2, 0.25) is 5.75 Å². The quantitative estimate of drug-likeness (QED) is 0.496. The van der Waals surface area contributed by atoms with Crippen LogP contribution in [0.5, 0.6) is 28.7 Å². The molecule has 0 amide bonds. The fourth-order valence-corrected chi connectivity index (χ4v) is 2.98. The van der Waals surface area contributed by atoms with E-state index in [1.807, 2.05) is 0 Å². The number of phenols is 2. The Morgan fingerprint density at radius 1 is 0.893 bits per heavy atom. The molecular weight excluding hydrogens is 368 g/mol. The van der Waals surface area contributed by atoms with Crippen molar-refractivity contribution in [2.75, 3.05) is 35.5 Å². The van der Waals surface area contributed by atoms with E-state index in [2.05, 4.69) is 0 Å². The van der Waals surface area contributed by atoms with Gasteiger partial charge in [0.25, 0.3) is 0 Å². The lowest BCUT2D eigenvalue weighted by Gasteiger charge is -2.25. The fourth-order valence-electron chi connectivity index (χ4n) is 2.98. The molecule has 0 aliphatic rings. The van der Waals surface area contributed by atoms with Gasteiger partial charge >= 0.3 is 0 Å². The zero-order valence-corrected chi connectivity index (χ0v) is 16.4. The lowest BCUT2D eigenvalue weighted by Crippen LogP contribution is -2.30. The highest BCUT2D eigenvalue weighted by molar-refractivity contribution is 6.06. The second kappa shape index (κ2) is 9.29. The number of hydrogen-bond donors (Lipinski definition) is 2. The minimum Gasteiger partial charge on any atom is -0.504 e. The van der Waals surface area contributed by atoms with E-state index in [0.29, 0.717) is 11.3 Å². The molecule has 2 aromatic carbocycles. The van der Waals surface area contributed by atoms with Gasteiger partial charge in [0.05, 0.1) is 27.2 Å². The van der Waals surface area contributed by atoms with Gasteiger partial charge in [0.15, 0.2) is 23.6 Å². The topological polar surface area (TPSA) is 104 Å². The van der Waals surface area contributed by atoms with Gasteiger partial charge in [-0.15, -0.1) is 0 Å². The first-order valence-corrected chi connectivity index (χ1v) is 8.34. The van der Waals surface area contributed by atoms with Gasteiger partial charge in [-0.05, 0) is 17.7 Å². The zero-order valence-electron chi connectivity index (χ0n) is 16.4. The van der Waals surface area contributed by atoms with E-state index in [0.717, 1.165) is 0 Å². The third-order valence-electron chi connectivity index (χ3n) is 4.36. The number of carbonyl (C=O) groups excluding carboxylic acids is 1. The molecule has 8 nitrogen and oxygen atoms in total. The van der Waals surface area contributed by atoms with Gasteiger partial charge in [0.1, 0.15) is 17.1 Å². The molecule has 8 heteroatoms.